The molecule has 0 saturated heterocycles. The summed E-state index contributed by atoms with van der Waals surface area (Å²) in [6, 6.07) is 21.3. The molecular weight excluding hydrogens is 438 g/mol. The normalized spacial score (nSPS) is 12.0. The molecule has 6 heteroatoms. The van der Waals surface area contributed by atoms with Crippen LogP contribution in [-0.2, 0) is 4.79 Å². The van der Waals surface area contributed by atoms with Crippen LogP contribution in [0.15, 0.2) is 77.2 Å². The summed E-state index contributed by atoms with van der Waals surface area (Å²) < 4.78 is 11.7. The molecule has 0 fully saturated rings. The average molecular weight is 462 g/mol. The molecule has 168 valence electrons. The van der Waals surface area contributed by atoms with Crippen LogP contribution in [0, 0.1) is 0 Å². The zero-order chi connectivity index (χ0) is 23.5. The fourth-order valence-corrected chi connectivity index (χ4v) is 3.60. The summed E-state index contributed by atoms with van der Waals surface area (Å²) in [6.45, 7) is 5.89. The highest BCUT2D eigenvalue weighted by Gasteiger charge is 2.25. The van der Waals surface area contributed by atoms with Crippen LogP contribution in [0.4, 0.5) is 5.69 Å². The monoisotopic (exact) mass is 461 g/mol. The largest absolute Gasteiger partial charge is 0.481 e. The number of ketones is 1. The van der Waals surface area contributed by atoms with E-state index in [0.717, 1.165) is 0 Å². The Balaban J connectivity index is 1.59. The summed E-state index contributed by atoms with van der Waals surface area (Å²) in [5.41, 5.74) is 2.42. The molecule has 0 spiro atoms. The quantitative estimate of drug-likeness (QED) is 0.306. The van der Waals surface area contributed by atoms with Gasteiger partial charge in [0.2, 0.25) is 5.78 Å². The van der Waals surface area contributed by atoms with Gasteiger partial charge in [0.15, 0.2) is 11.9 Å². The van der Waals surface area contributed by atoms with Crippen molar-refractivity contribution in [3.05, 3.63) is 94.7 Å². The Bertz CT molecular complexity index is 1290. The van der Waals surface area contributed by atoms with E-state index in [0.29, 0.717) is 38.9 Å². The van der Waals surface area contributed by atoms with Crippen LogP contribution in [0.3, 0.4) is 0 Å². The van der Waals surface area contributed by atoms with E-state index in [1.807, 2.05) is 30.3 Å². The van der Waals surface area contributed by atoms with Gasteiger partial charge in [-0.2, -0.15) is 0 Å². The Morgan fingerprint density at radius 2 is 1.58 bits per heavy atom. The first kappa shape index (κ1) is 22.6. The highest BCUT2D eigenvalue weighted by molar-refractivity contribution is 6.30. The van der Waals surface area contributed by atoms with Crippen LogP contribution in [0.5, 0.6) is 5.75 Å². The van der Waals surface area contributed by atoms with Gasteiger partial charge in [-0.3, -0.25) is 9.59 Å². The second kappa shape index (κ2) is 9.51. The first-order valence-electron chi connectivity index (χ1n) is 10.7. The second-order valence-corrected chi connectivity index (χ2v) is 8.55. The van der Waals surface area contributed by atoms with Crippen LogP contribution >= 0.6 is 11.6 Å². The van der Waals surface area contributed by atoms with Gasteiger partial charge in [-0.25, -0.2) is 0 Å². The van der Waals surface area contributed by atoms with Gasteiger partial charge in [-0.1, -0.05) is 49.7 Å². The molecule has 4 rings (SSSR count). The van der Waals surface area contributed by atoms with E-state index in [4.69, 9.17) is 20.8 Å². The van der Waals surface area contributed by atoms with Crippen LogP contribution in [0.25, 0.3) is 11.0 Å². The molecule has 0 bridgehead atoms. The van der Waals surface area contributed by atoms with E-state index in [1.165, 1.54) is 5.56 Å². The van der Waals surface area contributed by atoms with Crippen molar-refractivity contribution < 1.29 is 18.7 Å². The fourth-order valence-electron chi connectivity index (χ4n) is 3.48. The first-order valence-corrected chi connectivity index (χ1v) is 11.1. The molecule has 0 radical (unpaired) electrons. The van der Waals surface area contributed by atoms with Crippen molar-refractivity contribution in [2.45, 2.75) is 32.8 Å². The van der Waals surface area contributed by atoms with Gasteiger partial charge < -0.3 is 14.5 Å². The van der Waals surface area contributed by atoms with Gasteiger partial charge >= 0.3 is 0 Å². The molecule has 33 heavy (non-hydrogen) atoms. The molecular formula is C27H24ClNO4. The predicted octanol–water partition coefficient (Wildman–Crippen LogP) is 6.85. The molecule has 0 aliphatic rings. The van der Waals surface area contributed by atoms with Crippen molar-refractivity contribution in [3.8, 4) is 5.75 Å². The second-order valence-electron chi connectivity index (χ2n) is 8.11. The Hall–Kier alpha value is -3.57. The van der Waals surface area contributed by atoms with Crippen molar-refractivity contribution >= 4 is 39.9 Å². The van der Waals surface area contributed by atoms with Gasteiger partial charge in [0.25, 0.3) is 5.91 Å². The maximum atomic E-state index is 13.2. The van der Waals surface area contributed by atoms with Crippen LogP contribution in [0.1, 0.15) is 48.4 Å². The van der Waals surface area contributed by atoms with Gasteiger partial charge in [0.05, 0.1) is 5.69 Å². The minimum atomic E-state index is -0.790. The molecule has 4 aromatic rings. The number of halogens is 1. The van der Waals surface area contributed by atoms with E-state index in [1.54, 1.807) is 49.4 Å². The summed E-state index contributed by atoms with van der Waals surface area (Å²) in [4.78, 5) is 26.1. The zero-order valence-corrected chi connectivity index (χ0v) is 19.3. The van der Waals surface area contributed by atoms with E-state index < -0.39 is 6.10 Å². The third kappa shape index (κ3) is 4.94. The number of furan rings is 1. The lowest BCUT2D eigenvalue weighted by Crippen LogP contribution is -2.30. The minimum absolute atomic E-state index is 0.0559. The van der Waals surface area contributed by atoms with Crippen molar-refractivity contribution in [2.24, 2.45) is 0 Å². The van der Waals surface area contributed by atoms with Crippen molar-refractivity contribution in [2.75, 3.05) is 5.32 Å². The summed E-state index contributed by atoms with van der Waals surface area (Å²) in [5, 5.41) is 4.00. The van der Waals surface area contributed by atoms with E-state index in [-0.39, 0.29) is 17.5 Å². The van der Waals surface area contributed by atoms with Crippen molar-refractivity contribution in [3.63, 3.8) is 0 Å². The average Bonchev–Trinajstić information content (AvgIpc) is 3.17. The standard InChI is InChI=1S/C27H24ClNO4/c1-16(2)18-10-14-21(15-11-18)32-17(3)27(31)29-24-22-6-4-5-7-23(22)33-26(24)25(30)19-8-12-20(28)13-9-19/h4-17H,1-3H3,(H,29,31)/t17-/m1/s1. The summed E-state index contributed by atoms with van der Waals surface area (Å²) in [5.74, 6) is 0.318. The molecule has 3 aromatic carbocycles. The number of hydrogen-bond donors (Lipinski definition) is 1. The first-order chi connectivity index (χ1) is 15.8. The Labute approximate surface area is 197 Å². The van der Waals surface area contributed by atoms with E-state index >= 15 is 0 Å². The maximum absolute atomic E-state index is 13.2. The number of hydrogen-bond acceptors (Lipinski definition) is 4. The fraction of sp³-hybridized carbons (Fsp3) is 0.185. The van der Waals surface area contributed by atoms with Gasteiger partial charge in [0, 0.05) is 16.0 Å². The lowest BCUT2D eigenvalue weighted by Gasteiger charge is -2.15. The molecule has 0 unspecified atom stereocenters. The number of anilines is 1. The number of carbonyl (C=O) groups is 2. The molecule has 0 aliphatic carbocycles. The third-order valence-corrected chi connectivity index (χ3v) is 5.64. The van der Waals surface area contributed by atoms with Crippen molar-refractivity contribution in [1.29, 1.82) is 0 Å². The summed E-state index contributed by atoms with van der Waals surface area (Å²) in [6.07, 6.45) is -0.790. The topological polar surface area (TPSA) is 68.5 Å². The predicted molar refractivity (Wildman–Crippen MR) is 130 cm³/mol. The number of carbonyl (C=O) groups excluding carboxylic acids is 2. The lowest BCUT2D eigenvalue weighted by atomic mass is 10.0. The number of benzene rings is 3. The smallest absolute Gasteiger partial charge is 0.265 e. The van der Waals surface area contributed by atoms with Gasteiger partial charge in [0.1, 0.15) is 11.3 Å². The molecule has 0 aliphatic heterocycles. The molecule has 1 amide bonds. The lowest BCUT2D eigenvalue weighted by molar-refractivity contribution is -0.122. The van der Waals surface area contributed by atoms with Gasteiger partial charge in [-0.15, -0.1) is 0 Å². The van der Waals surface area contributed by atoms with Crippen LogP contribution in [0.2, 0.25) is 5.02 Å². The SMILES string of the molecule is CC(C)c1ccc(O[C@H](C)C(=O)Nc2c(C(=O)c3ccc(Cl)cc3)oc3ccccc23)cc1. The molecule has 1 heterocycles. The minimum Gasteiger partial charge on any atom is -0.481 e. The van der Waals surface area contributed by atoms with E-state index in [2.05, 4.69) is 19.2 Å². The number of fused-ring (bicyclic) bond motifs is 1. The number of ether oxygens (including phenoxy) is 1. The number of amides is 1. The molecule has 1 aromatic heterocycles. The Morgan fingerprint density at radius 3 is 2.24 bits per heavy atom. The Kier molecular flexibility index (Phi) is 6.52. The highest BCUT2D eigenvalue weighted by Crippen LogP contribution is 2.33. The third-order valence-electron chi connectivity index (χ3n) is 5.39. The Morgan fingerprint density at radius 1 is 0.909 bits per heavy atom. The maximum Gasteiger partial charge on any atom is 0.265 e. The molecule has 1 atom stereocenters. The number of nitrogens with one attached hydrogen (secondary N) is 1. The summed E-state index contributed by atoms with van der Waals surface area (Å²) >= 11 is 5.95. The van der Waals surface area contributed by atoms with E-state index in [9.17, 15) is 9.59 Å². The molecule has 5 nitrogen and oxygen atoms in total. The summed E-state index contributed by atoms with van der Waals surface area (Å²) in [7, 11) is 0. The molecule has 0 saturated carbocycles. The van der Waals surface area contributed by atoms with Crippen LogP contribution in [-0.4, -0.2) is 17.8 Å². The highest BCUT2D eigenvalue weighted by atomic mass is 35.5. The van der Waals surface area contributed by atoms with Crippen molar-refractivity contribution in [1.82, 2.24) is 0 Å². The van der Waals surface area contributed by atoms with Gasteiger partial charge in [-0.05, 0) is 66.9 Å². The number of para-hydroxylation sites is 1. The number of rotatable bonds is 7. The van der Waals surface area contributed by atoms with Crippen LogP contribution < -0.4 is 10.1 Å². The molecule has 1 N–H and O–H groups in total. The zero-order valence-electron chi connectivity index (χ0n) is 18.6.